The summed E-state index contributed by atoms with van der Waals surface area (Å²) in [6.07, 6.45) is 1.18. The molecule has 2 N–H and O–H groups in total. The molecule has 0 saturated heterocycles. The molecule has 0 fully saturated rings. The van der Waals surface area contributed by atoms with Crippen LogP contribution in [-0.4, -0.2) is 37.9 Å². The minimum atomic E-state index is -3.88. The summed E-state index contributed by atoms with van der Waals surface area (Å²) in [6.45, 7) is -0.00890. The minimum Gasteiger partial charge on any atom is -0.495 e. The van der Waals surface area contributed by atoms with E-state index in [2.05, 4.69) is 15.8 Å². The number of nitrogens with zero attached hydrogens (tertiary/aromatic N) is 2. The third-order valence-electron chi connectivity index (χ3n) is 5.64. The Kier molecular flexibility index (Phi) is 9.79. The lowest BCUT2D eigenvalue weighted by Crippen LogP contribution is -2.32. The van der Waals surface area contributed by atoms with E-state index in [-0.39, 0.29) is 29.4 Å². The van der Waals surface area contributed by atoms with Gasteiger partial charge in [-0.25, -0.2) is 13.8 Å². The van der Waals surface area contributed by atoms with Gasteiger partial charge in [0.1, 0.15) is 17.3 Å². The van der Waals surface area contributed by atoms with Gasteiger partial charge in [-0.2, -0.15) is 9.41 Å². The second kappa shape index (κ2) is 13.5. The summed E-state index contributed by atoms with van der Waals surface area (Å²) in [4.78, 5) is 24.6. The van der Waals surface area contributed by atoms with E-state index in [0.717, 1.165) is 5.56 Å². The summed E-state index contributed by atoms with van der Waals surface area (Å²) in [5.74, 6) is -1.16. The lowest BCUT2D eigenvalue weighted by atomic mass is 10.2. The Bertz CT molecular complexity index is 1660. The molecule has 0 atom stereocenters. The van der Waals surface area contributed by atoms with E-state index in [0.29, 0.717) is 21.6 Å². The number of hydrazone groups is 1. The van der Waals surface area contributed by atoms with Gasteiger partial charge in [0, 0.05) is 16.6 Å². The topological polar surface area (TPSA) is 130 Å². The molecule has 0 aliphatic rings. The number of hydrogen-bond acceptors (Lipinski definition) is 7. The first-order chi connectivity index (χ1) is 19.7. The van der Waals surface area contributed by atoms with Crippen LogP contribution in [0.25, 0.3) is 0 Å². The van der Waals surface area contributed by atoms with E-state index < -0.39 is 21.8 Å². The lowest BCUT2D eigenvalue weighted by molar-refractivity contribution is -0.136. The van der Waals surface area contributed by atoms with Gasteiger partial charge in [-0.05, 0) is 60.2 Å². The average Bonchev–Trinajstić information content (AvgIpc) is 3.41. The van der Waals surface area contributed by atoms with Gasteiger partial charge in [0.2, 0.25) is 10.0 Å². The summed E-state index contributed by atoms with van der Waals surface area (Å²) in [5.41, 5.74) is 3.05. The number of methoxy groups -OCH3 is 1. The van der Waals surface area contributed by atoms with Crippen molar-refractivity contribution >= 4 is 56.9 Å². The van der Waals surface area contributed by atoms with Gasteiger partial charge in [-0.3, -0.25) is 9.59 Å². The number of carbonyl (C=O) groups excluding carboxylic acids is 2. The molecule has 41 heavy (non-hydrogen) atoms. The van der Waals surface area contributed by atoms with Crippen LogP contribution >= 0.6 is 23.2 Å². The van der Waals surface area contributed by atoms with Crippen molar-refractivity contribution in [3.05, 3.63) is 112 Å². The fraction of sp³-hybridized carbons (Fsp3) is 0.107. The molecule has 0 radical (unpaired) electrons. The third-order valence-corrected chi connectivity index (χ3v) is 7.93. The molecule has 4 aromatic rings. The molecule has 10 nitrogen and oxygen atoms in total. The molecular weight excluding hydrogens is 591 g/mol. The molecule has 4 rings (SSSR count). The van der Waals surface area contributed by atoms with Crippen molar-refractivity contribution in [1.82, 2.24) is 9.73 Å². The molecule has 0 saturated carbocycles. The van der Waals surface area contributed by atoms with E-state index in [1.807, 2.05) is 0 Å². The first-order valence-corrected chi connectivity index (χ1v) is 14.2. The number of benzene rings is 3. The van der Waals surface area contributed by atoms with Crippen LogP contribution in [0.2, 0.25) is 10.0 Å². The SMILES string of the molecule is COc1ccc(Cl)cc1NC(=O)C(=O)N/N=C/c1ccc(CN(Cc2ccc(Cl)cc2)S(=O)(=O)c2ccccc2)o1. The van der Waals surface area contributed by atoms with Crippen molar-refractivity contribution in [3.63, 3.8) is 0 Å². The van der Waals surface area contributed by atoms with Crippen LogP contribution in [0.4, 0.5) is 5.69 Å². The zero-order chi connectivity index (χ0) is 29.4. The van der Waals surface area contributed by atoms with Crippen molar-refractivity contribution in [2.45, 2.75) is 18.0 Å². The summed E-state index contributed by atoms with van der Waals surface area (Å²) < 4.78 is 39.0. The number of sulfonamides is 1. The van der Waals surface area contributed by atoms with E-state index >= 15 is 0 Å². The molecule has 0 aliphatic heterocycles. The highest BCUT2D eigenvalue weighted by Gasteiger charge is 2.26. The third kappa shape index (κ3) is 7.95. The molecular formula is C28H24Cl2N4O6S. The number of anilines is 1. The van der Waals surface area contributed by atoms with E-state index in [1.165, 1.54) is 35.8 Å². The quantitative estimate of drug-likeness (QED) is 0.146. The molecule has 0 aliphatic carbocycles. The predicted octanol–water partition coefficient (Wildman–Crippen LogP) is 5.07. The van der Waals surface area contributed by atoms with Gasteiger partial charge in [0.05, 0.1) is 30.5 Å². The van der Waals surface area contributed by atoms with Gasteiger partial charge < -0.3 is 14.5 Å². The number of carbonyl (C=O) groups is 2. The number of nitrogens with one attached hydrogen (secondary N) is 2. The largest absolute Gasteiger partial charge is 0.495 e. The maximum atomic E-state index is 13.4. The number of furan rings is 1. The zero-order valence-corrected chi connectivity index (χ0v) is 23.9. The van der Waals surface area contributed by atoms with Crippen LogP contribution < -0.4 is 15.5 Å². The molecule has 3 aromatic carbocycles. The van der Waals surface area contributed by atoms with Crippen LogP contribution in [0.1, 0.15) is 17.1 Å². The summed E-state index contributed by atoms with van der Waals surface area (Å²) >= 11 is 11.9. The predicted molar refractivity (Wildman–Crippen MR) is 155 cm³/mol. The molecule has 0 bridgehead atoms. The van der Waals surface area contributed by atoms with Crippen molar-refractivity contribution < 1.29 is 27.2 Å². The van der Waals surface area contributed by atoms with Crippen molar-refractivity contribution in [2.75, 3.05) is 12.4 Å². The molecule has 0 unspecified atom stereocenters. The Balaban J connectivity index is 1.43. The van der Waals surface area contributed by atoms with Crippen molar-refractivity contribution in [2.24, 2.45) is 5.10 Å². The first-order valence-electron chi connectivity index (χ1n) is 12.0. The standard InChI is InChI=1S/C28H24Cl2N4O6S/c1-39-26-14-11-21(30)15-25(26)32-27(35)28(36)33-31-16-22-12-13-23(40-22)18-34(17-19-7-9-20(29)10-8-19)41(37,38)24-5-3-2-4-6-24/h2-16H,17-18H2,1H3,(H,32,35)(H,33,36)/b31-16+. The molecule has 1 aromatic heterocycles. The van der Waals surface area contributed by atoms with Crippen LogP contribution in [0.5, 0.6) is 5.75 Å². The first kappa shape index (κ1) is 29.8. The number of ether oxygens (including phenoxy) is 1. The van der Waals surface area contributed by atoms with Gasteiger partial charge in [0.15, 0.2) is 0 Å². The van der Waals surface area contributed by atoms with E-state index in [1.54, 1.807) is 66.7 Å². The van der Waals surface area contributed by atoms with Gasteiger partial charge in [-0.15, -0.1) is 0 Å². The second-order valence-electron chi connectivity index (χ2n) is 8.51. The highest BCUT2D eigenvalue weighted by molar-refractivity contribution is 7.89. The monoisotopic (exact) mass is 614 g/mol. The highest BCUT2D eigenvalue weighted by atomic mass is 35.5. The molecule has 212 valence electrons. The Labute approximate surface area is 246 Å². The second-order valence-corrected chi connectivity index (χ2v) is 11.3. The van der Waals surface area contributed by atoms with Gasteiger partial charge in [0.25, 0.3) is 0 Å². The minimum absolute atomic E-state index is 0.0705. The van der Waals surface area contributed by atoms with E-state index in [4.69, 9.17) is 32.4 Å². The van der Waals surface area contributed by atoms with Gasteiger partial charge in [-0.1, -0.05) is 53.5 Å². The maximum Gasteiger partial charge on any atom is 0.329 e. The zero-order valence-electron chi connectivity index (χ0n) is 21.6. The van der Waals surface area contributed by atoms with Crippen molar-refractivity contribution in [3.8, 4) is 5.75 Å². The Morgan fingerprint density at radius 2 is 1.63 bits per heavy atom. The maximum absolute atomic E-state index is 13.4. The summed E-state index contributed by atoms with van der Waals surface area (Å²) in [6, 6.07) is 22.6. The lowest BCUT2D eigenvalue weighted by Gasteiger charge is -2.21. The number of halogens is 2. The van der Waals surface area contributed by atoms with Crippen LogP contribution in [-0.2, 0) is 32.7 Å². The summed E-state index contributed by atoms with van der Waals surface area (Å²) in [7, 11) is -2.47. The smallest absolute Gasteiger partial charge is 0.329 e. The average molecular weight is 615 g/mol. The van der Waals surface area contributed by atoms with Crippen LogP contribution in [0.15, 0.2) is 99.3 Å². The molecule has 13 heteroatoms. The van der Waals surface area contributed by atoms with Crippen LogP contribution in [0.3, 0.4) is 0 Å². The van der Waals surface area contributed by atoms with Gasteiger partial charge >= 0.3 is 11.8 Å². The number of amides is 2. The van der Waals surface area contributed by atoms with E-state index in [9.17, 15) is 18.0 Å². The number of rotatable bonds is 10. The molecule has 0 spiro atoms. The molecule has 1 heterocycles. The molecule has 2 amide bonds. The summed E-state index contributed by atoms with van der Waals surface area (Å²) in [5, 5.41) is 7.03. The normalized spacial score (nSPS) is 11.5. The fourth-order valence-electron chi connectivity index (χ4n) is 3.65. The number of hydrogen-bond donors (Lipinski definition) is 2. The Morgan fingerprint density at radius 3 is 2.34 bits per heavy atom. The fourth-order valence-corrected chi connectivity index (χ4v) is 5.36. The Hall–Kier alpha value is -4.16. The highest BCUT2D eigenvalue weighted by Crippen LogP contribution is 2.27. The Morgan fingerprint density at radius 1 is 0.927 bits per heavy atom. The van der Waals surface area contributed by atoms with Crippen LogP contribution in [0, 0.1) is 0 Å². The van der Waals surface area contributed by atoms with Crippen molar-refractivity contribution in [1.29, 1.82) is 0 Å².